The Labute approximate surface area is 123 Å². The maximum absolute atomic E-state index is 13.3. The molecule has 21 heavy (non-hydrogen) atoms. The van der Waals surface area contributed by atoms with Gasteiger partial charge in [0, 0.05) is 18.2 Å². The lowest BCUT2D eigenvalue weighted by Gasteiger charge is -2.23. The van der Waals surface area contributed by atoms with Crippen LogP contribution in [0, 0.1) is 17.7 Å². The molecule has 1 heterocycles. The summed E-state index contributed by atoms with van der Waals surface area (Å²) in [5.74, 6) is 4.20. The van der Waals surface area contributed by atoms with Gasteiger partial charge in [0.15, 0.2) is 0 Å². The summed E-state index contributed by atoms with van der Waals surface area (Å²) in [7, 11) is -3.82. The van der Waals surface area contributed by atoms with Crippen molar-refractivity contribution in [3.8, 4) is 11.8 Å². The van der Waals surface area contributed by atoms with E-state index in [9.17, 15) is 12.8 Å². The molecule has 0 aromatic heterocycles. The maximum atomic E-state index is 13.3. The Kier molecular flexibility index (Phi) is 5.31. The van der Waals surface area contributed by atoms with Gasteiger partial charge < -0.3 is 9.84 Å². The topological polar surface area (TPSA) is 75.6 Å². The summed E-state index contributed by atoms with van der Waals surface area (Å²) >= 11 is 0. The third-order valence-corrected chi connectivity index (χ3v) is 4.59. The summed E-state index contributed by atoms with van der Waals surface area (Å²) in [5.41, 5.74) is 0.0216. The number of sulfonamides is 1. The molecule has 0 aliphatic carbocycles. The molecular weight excluding hydrogens is 297 g/mol. The van der Waals surface area contributed by atoms with Gasteiger partial charge in [0.1, 0.15) is 12.4 Å². The Morgan fingerprint density at radius 2 is 2.29 bits per heavy atom. The average Bonchev–Trinajstić information content (AvgIpc) is 2.45. The summed E-state index contributed by atoms with van der Waals surface area (Å²) in [6, 6.07) is 2.97. The number of rotatable bonds is 3. The Morgan fingerprint density at radius 1 is 1.48 bits per heavy atom. The van der Waals surface area contributed by atoms with Gasteiger partial charge in [-0.2, -0.15) is 0 Å². The monoisotopic (exact) mass is 313 g/mol. The fourth-order valence-electron chi connectivity index (χ4n) is 2.09. The van der Waals surface area contributed by atoms with Crippen molar-refractivity contribution >= 4 is 10.0 Å². The fraction of sp³-hybridized carbons (Fsp3) is 0.429. The summed E-state index contributed by atoms with van der Waals surface area (Å²) in [6.45, 7) is 0.514. The van der Waals surface area contributed by atoms with Crippen LogP contribution in [0.25, 0.3) is 0 Å². The number of hydrogen-bond acceptors (Lipinski definition) is 4. The zero-order valence-corrected chi connectivity index (χ0v) is 12.1. The highest BCUT2D eigenvalue weighted by molar-refractivity contribution is 7.89. The van der Waals surface area contributed by atoms with E-state index < -0.39 is 22.4 Å². The van der Waals surface area contributed by atoms with E-state index in [4.69, 9.17) is 9.84 Å². The van der Waals surface area contributed by atoms with Gasteiger partial charge in [0.25, 0.3) is 0 Å². The molecule has 0 amide bonds. The summed E-state index contributed by atoms with van der Waals surface area (Å²) < 4.78 is 45.8. The van der Waals surface area contributed by atoms with Gasteiger partial charge in [-0.25, -0.2) is 17.5 Å². The van der Waals surface area contributed by atoms with Crippen LogP contribution in [0.4, 0.5) is 4.39 Å². The zero-order valence-electron chi connectivity index (χ0n) is 11.3. The predicted molar refractivity (Wildman–Crippen MR) is 74.5 cm³/mol. The second-order valence-corrected chi connectivity index (χ2v) is 6.32. The highest BCUT2D eigenvalue weighted by Crippen LogP contribution is 2.18. The van der Waals surface area contributed by atoms with E-state index in [0.717, 1.165) is 18.6 Å². The number of aliphatic hydroxyl groups excluding tert-OH is 1. The zero-order chi connectivity index (χ0) is 15.3. The molecule has 0 saturated carbocycles. The number of nitrogens with one attached hydrogen (secondary N) is 1. The van der Waals surface area contributed by atoms with Crippen molar-refractivity contribution in [1.29, 1.82) is 0 Å². The van der Waals surface area contributed by atoms with Crippen LogP contribution in [0.2, 0.25) is 0 Å². The molecule has 2 rings (SSSR count). The molecule has 0 radical (unpaired) electrons. The Morgan fingerprint density at radius 3 is 2.95 bits per heavy atom. The van der Waals surface area contributed by atoms with Crippen LogP contribution >= 0.6 is 0 Å². The average molecular weight is 313 g/mol. The second-order valence-electron chi connectivity index (χ2n) is 4.64. The van der Waals surface area contributed by atoms with Gasteiger partial charge in [-0.1, -0.05) is 11.8 Å². The second kappa shape index (κ2) is 7.00. The van der Waals surface area contributed by atoms with E-state index >= 15 is 0 Å². The van der Waals surface area contributed by atoms with E-state index in [0.29, 0.717) is 19.6 Å². The van der Waals surface area contributed by atoms with Crippen LogP contribution in [0.15, 0.2) is 23.1 Å². The third kappa shape index (κ3) is 4.25. The Hall–Kier alpha value is -1.46. The maximum Gasteiger partial charge on any atom is 0.242 e. The molecule has 0 bridgehead atoms. The smallest absolute Gasteiger partial charge is 0.242 e. The molecule has 1 atom stereocenters. The molecule has 114 valence electrons. The highest BCUT2D eigenvalue weighted by Gasteiger charge is 2.24. The van der Waals surface area contributed by atoms with E-state index in [1.165, 1.54) is 6.07 Å². The van der Waals surface area contributed by atoms with Crippen molar-refractivity contribution in [2.45, 2.75) is 23.8 Å². The summed E-state index contributed by atoms with van der Waals surface area (Å²) in [4.78, 5) is -0.101. The number of benzene rings is 1. The normalized spacial score (nSPS) is 18.9. The standard InChI is InChI=1S/C14H16FNO4S/c15-12-5-6-14(11(9-12)3-1-7-17)21(18,19)16-13-4-2-8-20-10-13/h5-6,9,13,16-17H,2,4,7-8,10H2. The van der Waals surface area contributed by atoms with Crippen molar-refractivity contribution in [2.24, 2.45) is 0 Å². The highest BCUT2D eigenvalue weighted by atomic mass is 32.2. The summed E-state index contributed by atoms with van der Waals surface area (Å²) in [5, 5.41) is 8.70. The van der Waals surface area contributed by atoms with Crippen molar-refractivity contribution in [2.75, 3.05) is 19.8 Å². The predicted octanol–water partition coefficient (Wildman–Crippen LogP) is 0.627. The molecule has 7 heteroatoms. The number of ether oxygens (including phenoxy) is 1. The number of hydrogen-bond donors (Lipinski definition) is 2. The molecule has 1 saturated heterocycles. The van der Waals surface area contributed by atoms with Crippen LogP contribution in [0.5, 0.6) is 0 Å². The molecule has 1 aliphatic rings. The van der Waals surface area contributed by atoms with Crippen molar-refractivity contribution < 1.29 is 22.7 Å². The quantitative estimate of drug-likeness (QED) is 0.803. The van der Waals surface area contributed by atoms with Gasteiger partial charge in [0.05, 0.1) is 11.5 Å². The molecule has 1 unspecified atom stereocenters. The van der Waals surface area contributed by atoms with Gasteiger partial charge >= 0.3 is 0 Å². The fourth-order valence-corrected chi connectivity index (χ4v) is 3.48. The van der Waals surface area contributed by atoms with Crippen molar-refractivity contribution in [3.05, 3.63) is 29.6 Å². The van der Waals surface area contributed by atoms with E-state index in [1.54, 1.807) is 0 Å². The molecule has 1 aliphatic heterocycles. The minimum Gasteiger partial charge on any atom is -0.384 e. The number of aliphatic hydroxyl groups is 1. The van der Waals surface area contributed by atoms with E-state index in [-0.39, 0.29) is 16.5 Å². The molecule has 0 spiro atoms. The van der Waals surface area contributed by atoms with E-state index in [1.807, 2.05) is 0 Å². The van der Waals surface area contributed by atoms with Gasteiger partial charge in [0.2, 0.25) is 10.0 Å². The Bertz CT molecular complexity index is 657. The number of halogens is 1. The largest absolute Gasteiger partial charge is 0.384 e. The molecule has 2 N–H and O–H groups in total. The first-order chi connectivity index (χ1) is 10.0. The molecule has 5 nitrogen and oxygen atoms in total. The van der Waals surface area contributed by atoms with Crippen LogP contribution in [-0.2, 0) is 14.8 Å². The molecule has 1 aromatic rings. The lowest BCUT2D eigenvalue weighted by molar-refractivity contribution is 0.0774. The lowest BCUT2D eigenvalue weighted by Crippen LogP contribution is -2.40. The first kappa shape index (κ1) is 15.9. The lowest BCUT2D eigenvalue weighted by atomic mass is 10.1. The van der Waals surface area contributed by atoms with Gasteiger partial charge in [-0.05, 0) is 31.0 Å². The molecule has 1 aromatic carbocycles. The van der Waals surface area contributed by atoms with Crippen LogP contribution in [0.3, 0.4) is 0 Å². The van der Waals surface area contributed by atoms with Gasteiger partial charge in [-0.3, -0.25) is 0 Å². The summed E-state index contributed by atoms with van der Waals surface area (Å²) in [6.07, 6.45) is 1.48. The van der Waals surface area contributed by atoms with Crippen molar-refractivity contribution in [1.82, 2.24) is 4.72 Å². The van der Waals surface area contributed by atoms with Crippen molar-refractivity contribution in [3.63, 3.8) is 0 Å². The SMILES string of the molecule is O=S(=O)(NC1CCCOC1)c1ccc(F)cc1C#CCO. The molecular formula is C14H16FNO4S. The molecule has 1 fully saturated rings. The van der Waals surface area contributed by atoms with E-state index in [2.05, 4.69) is 16.6 Å². The van der Waals surface area contributed by atoms with Crippen LogP contribution < -0.4 is 4.72 Å². The third-order valence-electron chi connectivity index (χ3n) is 3.02. The van der Waals surface area contributed by atoms with Gasteiger partial charge in [-0.15, -0.1) is 0 Å². The first-order valence-electron chi connectivity index (χ1n) is 6.52. The Balaban J connectivity index is 2.30. The minimum absolute atomic E-state index is 0.0216. The van der Waals surface area contributed by atoms with Crippen LogP contribution in [-0.4, -0.2) is 39.4 Å². The minimum atomic E-state index is -3.82. The van der Waals surface area contributed by atoms with Crippen LogP contribution in [0.1, 0.15) is 18.4 Å². The first-order valence-corrected chi connectivity index (χ1v) is 8.00.